The third-order valence-corrected chi connectivity index (χ3v) is 5.04. The Morgan fingerprint density at radius 1 is 0.938 bits per heavy atom. The number of guanidine groups is 1. The minimum absolute atomic E-state index is 0. The zero-order chi connectivity index (χ0) is 22.6. The van der Waals surface area contributed by atoms with Crippen LogP contribution in [0.1, 0.15) is 24.1 Å². The first-order valence-electron chi connectivity index (χ1n) is 10.6. The Bertz CT molecular complexity index is 828. The standard InChI is InChI=1S/C24H36N4O3.HI/c1-7-25-24(26-15-14-18-8-13-22(30-5)23(16-18)31-6)27-17-21(28(2)3)19-9-11-20(29-4)12-10-19;/h8-13,16,21H,7,14-15,17H2,1-6H3,(H2,25,26,27);1H. The lowest BCUT2D eigenvalue weighted by atomic mass is 10.1. The molecule has 2 aromatic rings. The maximum atomic E-state index is 5.39. The van der Waals surface area contributed by atoms with Gasteiger partial charge in [-0.1, -0.05) is 18.2 Å². The number of benzene rings is 2. The van der Waals surface area contributed by atoms with Gasteiger partial charge in [0, 0.05) is 13.1 Å². The lowest BCUT2D eigenvalue weighted by Gasteiger charge is -2.24. The maximum Gasteiger partial charge on any atom is 0.191 e. The van der Waals surface area contributed by atoms with Crippen LogP contribution in [0.3, 0.4) is 0 Å². The van der Waals surface area contributed by atoms with E-state index in [1.165, 1.54) is 11.1 Å². The summed E-state index contributed by atoms with van der Waals surface area (Å²) in [7, 11) is 9.12. The highest BCUT2D eigenvalue weighted by Crippen LogP contribution is 2.27. The van der Waals surface area contributed by atoms with Crippen LogP contribution in [-0.4, -0.2) is 65.9 Å². The van der Waals surface area contributed by atoms with Gasteiger partial charge in [-0.25, -0.2) is 0 Å². The van der Waals surface area contributed by atoms with Crippen molar-refractivity contribution in [2.45, 2.75) is 19.4 Å². The smallest absolute Gasteiger partial charge is 0.191 e. The van der Waals surface area contributed by atoms with E-state index in [0.29, 0.717) is 6.54 Å². The Hall–Kier alpha value is -2.20. The van der Waals surface area contributed by atoms with Gasteiger partial charge in [-0.2, -0.15) is 0 Å². The maximum absolute atomic E-state index is 5.39. The van der Waals surface area contributed by atoms with Crippen LogP contribution in [0.15, 0.2) is 47.5 Å². The summed E-state index contributed by atoms with van der Waals surface area (Å²) >= 11 is 0. The Labute approximate surface area is 209 Å². The molecule has 2 N–H and O–H groups in total. The Balaban J connectivity index is 0.00000512. The second-order valence-corrected chi connectivity index (χ2v) is 7.34. The number of aliphatic imine (C=N–C) groups is 1. The van der Waals surface area contributed by atoms with Crippen molar-refractivity contribution in [3.05, 3.63) is 53.6 Å². The summed E-state index contributed by atoms with van der Waals surface area (Å²) in [6, 6.07) is 14.3. The number of ether oxygens (including phenoxy) is 3. The van der Waals surface area contributed by atoms with Crippen molar-refractivity contribution in [1.29, 1.82) is 0 Å². The highest BCUT2D eigenvalue weighted by molar-refractivity contribution is 14.0. The number of rotatable bonds is 11. The molecule has 2 rings (SSSR count). The quantitative estimate of drug-likeness (QED) is 0.250. The summed E-state index contributed by atoms with van der Waals surface area (Å²) in [5.74, 6) is 3.15. The van der Waals surface area contributed by atoms with Gasteiger partial charge < -0.3 is 29.7 Å². The predicted octanol–water partition coefficient (Wildman–Crippen LogP) is 3.73. The van der Waals surface area contributed by atoms with Crippen LogP contribution in [-0.2, 0) is 6.42 Å². The first kappa shape index (κ1) is 27.8. The van der Waals surface area contributed by atoms with Gasteiger partial charge in [0.25, 0.3) is 0 Å². The zero-order valence-electron chi connectivity index (χ0n) is 20.0. The van der Waals surface area contributed by atoms with Crippen LogP contribution in [0.5, 0.6) is 17.2 Å². The van der Waals surface area contributed by atoms with Crippen LogP contribution in [0.25, 0.3) is 0 Å². The van der Waals surface area contributed by atoms with Crippen LogP contribution < -0.4 is 24.8 Å². The van der Waals surface area contributed by atoms with Gasteiger partial charge in [0.05, 0.1) is 33.9 Å². The summed E-state index contributed by atoms with van der Waals surface area (Å²) in [6.07, 6.45) is 0.848. The van der Waals surface area contributed by atoms with Crippen LogP contribution in [0.4, 0.5) is 0 Å². The summed E-state index contributed by atoms with van der Waals surface area (Å²) in [6.45, 7) is 4.28. The number of nitrogens with zero attached hydrogens (tertiary/aromatic N) is 2. The molecule has 1 atom stereocenters. The SMILES string of the molecule is CCNC(=NCC(c1ccc(OC)cc1)N(C)C)NCCc1ccc(OC)c(OC)c1.I. The van der Waals surface area contributed by atoms with E-state index in [9.17, 15) is 0 Å². The fourth-order valence-electron chi connectivity index (χ4n) is 3.27. The molecule has 7 nitrogen and oxygen atoms in total. The van der Waals surface area contributed by atoms with E-state index in [-0.39, 0.29) is 30.0 Å². The molecule has 178 valence electrons. The molecule has 0 saturated heterocycles. The van der Waals surface area contributed by atoms with Crippen molar-refractivity contribution in [3.63, 3.8) is 0 Å². The van der Waals surface area contributed by atoms with Gasteiger partial charge in [-0.15, -0.1) is 24.0 Å². The van der Waals surface area contributed by atoms with E-state index in [4.69, 9.17) is 19.2 Å². The molecule has 32 heavy (non-hydrogen) atoms. The number of methoxy groups -OCH3 is 3. The fraction of sp³-hybridized carbons (Fsp3) is 0.458. The van der Waals surface area contributed by atoms with Crippen molar-refractivity contribution in [3.8, 4) is 17.2 Å². The normalized spacial score (nSPS) is 12.0. The lowest BCUT2D eigenvalue weighted by Crippen LogP contribution is -2.39. The number of hydrogen-bond acceptors (Lipinski definition) is 5. The van der Waals surface area contributed by atoms with Crippen molar-refractivity contribution < 1.29 is 14.2 Å². The number of likely N-dealkylation sites (N-methyl/N-ethyl adjacent to an activating group) is 1. The van der Waals surface area contributed by atoms with E-state index in [2.05, 4.69) is 54.8 Å². The van der Waals surface area contributed by atoms with E-state index < -0.39 is 0 Å². The van der Waals surface area contributed by atoms with E-state index >= 15 is 0 Å². The first-order valence-corrected chi connectivity index (χ1v) is 10.6. The summed E-state index contributed by atoms with van der Waals surface area (Å²) < 4.78 is 16.0. The average Bonchev–Trinajstić information content (AvgIpc) is 2.79. The van der Waals surface area contributed by atoms with E-state index in [1.54, 1.807) is 21.3 Å². The molecule has 0 fully saturated rings. The topological polar surface area (TPSA) is 67.4 Å². The predicted molar refractivity (Wildman–Crippen MR) is 142 cm³/mol. The van der Waals surface area contributed by atoms with Crippen molar-refractivity contribution in [2.24, 2.45) is 4.99 Å². The molecule has 0 bridgehead atoms. The molecule has 2 aromatic carbocycles. The third kappa shape index (κ3) is 8.38. The van der Waals surface area contributed by atoms with Crippen LogP contribution >= 0.6 is 24.0 Å². The number of halogens is 1. The molecule has 0 heterocycles. The molecular weight excluding hydrogens is 519 g/mol. The van der Waals surface area contributed by atoms with Gasteiger partial charge in [-0.05, 0) is 62.8 Å². The minimum atomic E-state index is 0. The molecule has 0 amide bonds. The summed E-state index contributed by atoms with van der Waals surface area (Å²) in [5.41, 5.74) is 2.38. The molecular formula is C24H37IN4O3. The Morgan fingerprint density at radius 3 is 2.19 bits per heavy atom. The molecule has 0 aliphatic rings. The molecule has 0 aliphatic carbocycles. The first-order chi connectivity index (χ1) is 15.0. The van der Waals surface area contributed by atoms with Gasteiger partial charge >= 0.3 is 0 Å². The van der Waals surface area contributed by atoms with E-state index in [1.807, 2.05) is 24.3 Å². The van der Waals surface area contributed by atoms with Gasteiger partial charge in [0.15, 0.2) is 17.5 Å². The van der Waals surface area contributed by atoms with Crippen molar-refractivity contribution in [1.82, 2.24) is 15.5 Å². The number of hydrogen-bond donors (Lipinski definition) is 2. The van der Waals surface area contributed by atoms with Crippen LogP contribution in [0, 0.1) is 0 Å². The highest BCUT2D eigenvalue weighted by Gasteiger charge is 2.14. The molecule has 0 radical (unpaired) electrons. The van der Waals surface area contributed by atoms with Gasteiger partial charge in [0.2, 0.25) is 0 Å². The average molecular weight is 556 g/mol. The minimum Gasteiger partial charge on any atom is -0.497 e. The lowest BCUT2D eigenvalue weighted by molar-refractivity contribution is 0.306. The molecule has 0 spiro atoms. The third-order valence-electron chi connectivity index (χ3n) is 5.04. The second kappa shape index (κ2) is 14.8. The monoisotopic (exact) mass is 556 g/mol. The van der Waals surface area contributed by atoms with E-state index in [0.717, 1.165) is 42.7 Å². The molecule has 8 heteroatoms. The summed E-state index contributed by atoms with van der Waals surface area (Å²) in [5, 5.41) is 6.76. The fourth-order valence-corrected chi connectivity index (χ4v) is 3.27. The highest BCUT2D eigenvalue weighted by atomic mass is 127. The van der Waals surface area contributed by atoms with Crippen molar-refractivity contribution in [2.75, 3.05) is 55.1 Å². The van der Waals surface area contributed by atoms with Crippen LogP contribution in [0.2, 0.25) is 0 Å². The largest absolute Gasteiger partial charge is 0.497 e. The van der Waals surface area contributed by atoms with Gasteiger partial charge in [0.1, 0.15) is 5.75 Å². The number of nitrogens with one attached hydrogen (secondary N) is 2. The molecule has 0 saturated carbocycles. The molecule has 0 aromatic heterocycles. The second-order valence-electron chi connectivity index (χ2n) is 7.34. The summed E-state index contributed by atoms with van der Waals surface area (Å²) in [4.78, 5) is 7.00. The molecule has 0 aliphatic heterocycles. The van der Waals surface area contributed by atoms with Crippen molar-refractivity contribution >= 4 is 29.9 Å². The Kier molecular flexibility index (Phi) is 12.9. The Morgan fingerprint density at radius 2 is 1.62 bits per heavy atom. The molecule has 1 unspecified atom stereocenters. The van der Waals surface area contributed by atoms with Gasteiger partial charge in [-0.3, -0.25) is 4.99 Å². The zero-order valence-corrected chi connectivity index (χ0v) is 22.3.